The monoisotopic (exact) mass is 339 g/mol. The number of nitrogens with zero attached hydrogens (tertiary/aromatic N) is 1. The number of benzene rings is 3. The molecule has 0 saturated heterocycles. The lowest BCUT2D eigenvalue weighted by Gasteiger charge is -2.20. The van der Waals surface area contributed by atoms with Gasteiger partial charge in [0.25, 0.3) is 0 Å². The maximum absolute atomic E-state index is 9.45. The van der Waals surface area contributed by atoms with Gasteiger partial charge in [0.2, 0.25) is 0 Å². The largest absolute Gasteiger partial charge is 0.456 e. The Hall–Kier alpha value is -3.05. The van der Waals surface area contributed by atoms with E-state index in [1.807, 2.05) is 24.3 Å². The number of nitriles is 1. The van der Waals surface area contributed by atoms with E-state index in [4.69, 9.17) is 4.74 Å². The van der Waals surface area contributed by atoms with E-state index in [-0.39, 0.29) is 5.41 Å². The average molecular weight is 339 g/mol. The van der Waals surface area contributed by atoms with Crippen LogP contribution in [0.25, 0.3) is 11.1 Å². The molecule has 4 rings (SSSR count). The van der Waals surface area contributed by atoms with E-state index in [1.54, 1.807) is 0 Å². The van der Waals surface area contributed by atoms with Gasteiger partial charge in [-0.3, -0.25) is 0 Å². The summed E-state index contributed by atoms with van der Waals surface area (Å²) >= 11 is 0. The zero-order chi connectivity index (χ0) is 18.3. The van der Waals surface area contributed by atoms with Crippen molar-refractivity contribution in [2.75, 3.05) is 0 Å². The smallest absolute Gasteiger partial charge is 0.145 e. The summed E-state index contributed by atoms with van der Waals surface area (Å²) in [5.41, 5.74) is 6.88. The van der Waals surface area contributed by atoms with Gasteiger partial charge in [0, 0.05) is 0 Å². The minimum atomic E-state index is 0.00295. The topological polar surface area (TPSA) is 33.0 Å². The fourth-order valence-corrected chi connectivity index (χ4v) is 3.46. The van der Waals surface area contributed by atoms with Crippen LogP contribution >= 0.6 is 0 Å². The van der Waals surface area contributed by atoms with Gasteiger partial charge >= 0.3 is 0 Å². The van der Waals surface area contributed by atoms with Gasteiger partial charge in [-0.05, 0) is 63.9 Å². The predicted octanol–water partition coefficient (Wildman–Crippen LogP) is 6.22. The first kappa shape index (κ1) is 16.4. The molecule has 2 nitrogen and oxygen atoms in total. The molecule has 0 N–H and O–H groups in total. The molecular formula is C24H21NO. The highest BCUT2D eigenvalue weighted by Crippen LogP contribution is 2.40. The van der Waals surface area contributed by atoms with Crippen molar-refractivity contribution in [3.63, 3.8) is 0 Å². The fraction of sp³-hybridized carbons (Fsp3) is 0.208. The average Bonchev–Trinajstić information content (AvgIpc) is 2.99. The maximum atomic E-state index is 9.45. The number of fused-ring (bicyclic) bond motifs is 3. The van der Waals surface area contributed by atoms with Crippen LogP contribution in [-0.2, 0) is 11.8 Å². The molecule has 0 aliphatic heterocycles. The highest BCUT2D eigenvalue weighted by Gasteiger charge is 2.20. The van der Waals surface area contributed by atoms with Crippen LogP contribution in [0.2, 0.25) is 0 Å². The molecular weight excluding hydrogens is 318 g/mol. The molecule has 1 aliphatic rings. The van der Waals surface area contributed by atoms with Crippen LogP contribution < -0.4 is 4.74 Å². The second kappa shape index (κ2) is 6.04. The van der Waals surface area contributed by atoms with E-state index >= 15 is 0 Å². The standard InChI is InChI=1S/C24H21NO/c1-24(2,3)19-10-8-18(15-25)23(13-19)26-20-11-9-17-12-16-6-4-5-7-21(16)22(17)14-20/h4-11,13-14H,12H2,1-3H3. The number of ether oxygens (including phenoxy) is 1. The van der Waals surface area contributed by atoms with Gasteiger partial charge in [-0.1, -0.05) is 57.2 Å². The van der Waals surface area contributed by atoms with Crippen molar-refractivity contribution in [2.24, 2.45) is 0 Å². The van der Waals surface area contributed by atoms with Crippen LogP contribution in [0, 0.1) is 11.3 Å². The van der Waals surface area contributed by atoms with E-state index in [0.29, 0.717) is 11.3 Å². The molecule has 0 saturated carbocycles. The lowest BCUT2D eigenvalue weighted by Crippen LogP contribution is -2.11. The third-order valence-corrected chi connectivity index (χ3v) is 4.97. The molecule has 2 heteroatoms. The summed E-state index contributed by atoms with van der Waals surface area (Å²) in [7, 11) is 0. The molecule has 1 aliphatic carbocycles. The van der Waals surface area contributed by atoms with Crippen LogP contribution in [-0.4, -0.2) is 0 Å². The first-order valence-electron chi connectivity index (χ1n) is 8.89. The minimum absolute atomic E-state index is 0.00295. The minimum Gasteiger partial charge on any atom is -0.456 e. The van der Waals surface area contributed by atoms with Crippen molar-refractivity contribution in [2.45, 2.75) is 32.6 Å². The molecule has 0 spiro atoms. The molecule has 0 amide bonds. The second-order valence-corrected chi connectivity index (χ2v) is 7.83. The molecule has 0 unspecified atom stereocenters. The second-order valence-electron chi connectivity index (χ2n) is 7.83. The Morgan fingerprint density at radius 2 is 1.65 bits per heavy atom. The lowest BCUT2D eigenvalue weighted by molar-refractivity contribution is 0.477. The molecule has 0 heterocycles. The molecule has 0 bridgehead atoms. The van der Waals surface area contributed by atoms with Crippen molar-refractivity contribution < 1.29 is 4.74 Å². The molecule has 0 atom stereocenters. The fourth-order valence-electron chi connectivity index (χ4n) is 3.46. The quantitative estimate of drug-likeness (QED) is 0.434. The molecule has 3 aromatic carbocycles. The van der Waals surface area contributed by atoms with Gasteiger partial charge < -0.3 is 4.74 Å². The Morgan fingerprint density at radius 1 is 0.885 bits per heavy atom. The predicted molar refractivity (Wildman–Crippen MR) is 105 cm³/mol. The van der Waals surface area contributed by atoms with Crippen LogP contribution in [0.5, 0.6) is 11.5 Å². The Bertz CT molecular complexity index is 1030. The van der Waals surface area contributed by atoms with Crippen LogP contribution in [0.4, 0.5) is 0 Å². The van der Waals surface area contributed by atoms with E-state index in [0.717, 1.165) is 17.7 Å². The van der Waals surface area contributed by atoms with E-state index in [9.17, 15) is 5.26 Å². The molecule has 0 radical (unpaired) electrons. The van der Waals surface area contributed by atoms with Crippen molar-refractivity contribution in [3.05, 3.63) is 82.9 Å². The van der Waals surface area contributed by atoms with Gasteiger partial charge in [-0.2, -0.15) is 5.26 Å². The third kappa shape index (κ3) is 2.86. The molecule has 0 fully saturated rings. The normalized spacial score (nSPS) is 12.2. The highest BCUT2D eigenvalue weighted by molar-refractivity contribution is 5.77. The number of hydrogen-bond acceptors (Lipinski definition) is 2. The SMILES string of the molecule is CC(C)(C)c1ccc(C#N)c(Oc2ccc3c(c2)-c2ccccc2C3)c1. The Kier molecular flexibility index (Phi) is 3.81. The Balaban J connectivity index is 1.73. The summed E-state index contributed by atoms with van der Waals surface area (Å²) < 4.78 is 6.15. The van der Waals surface area contributed by atoms with Crippen molar-refractivity contribution >= 4 is 0 Å². The van der Waals surface area contributed by atoms with E-state index < -0.39 is 0 Å². The summed E-state index contributed by atoms with van der Waals surface area (Å²) in [5.74, 6) is 1.38. The summed E-state index contributed by atoms with van der Waals surface area (Å²) in [5, 5.41) is 9.45. The lowest BCUT2D eigenvalue weighted by atomic mass is 9.86. The van der Waals surface area contributed by atoms with Gasteiger partial charge in [0.05, 0.1) is 5.56 Å². The van der Waals surface area contributed by atoms with Crippen molar-refractivity contribution in [1.29, 1.82) is 5.26 Å². The van der Waals surface area contributed by atoms with Crippen molar-refractivity contribution in [3.8, 4) is 28.7 Å². The molecule has 128 valence electrons. The third-order valence-electron chi connectivity index (χ3n) is 4.97. The highest BCUT2D eigenvalue weighted by atomic mass is 16.5. The van der Waals surface area contributed by atoms with Crippen molar-refractivity contribution in [1.82, 2.24) is 0 Å². The number of hydrogen-bond donors (Lipinski definition) is 0. The van der Waals surface area contributed by atoms with Gasteiger partial charge in [0.1, 0.15) is 17.6 Å². The van der Waals surface area contributed by atoms with Gasteiger partial charge in [0.15, 0.2) is 0 Å². The zero-order valence-electron chi connectivity index (χ0n) is 15.3. The summed E-state index contributed by atoms with van der Waals surface area (Å²) in [6.45, 7) is 6.47. The van der Waals surface area contributed by atoms with Gasteiger partial charge in [-0.25, -0.2) is 0 Å². The summed E-state index contributed by atoms with van der Waals surface area (Å²) in [4.78, 5) is 0. The summed E-state index contributed by atoms with van der Waals surface area (Å²) in [6, 6.07) is 22.8. The zero-order valence-corrected chi connectivity index (χ0v) is 15.3. The van der Waals surface area contributed by atoms with Crippen LogP contribution in [0.3, 0.4) is 0 Å². The summed E-state index contributed by atoms with van der Waals surface area (Å²) in [6.07, 6.45) is 0.967. The Morgan fingerprint density at radius 3 is 2.42 bits per heavy atom. The Labute approximate surface area is 154 Å². The molecule has 0 aromatic heterocycles. The molecule has 3 aromatic rings. The van der Waals surface area contributed by atoms with Crippen LogP contribution in [0.1, 0.15) is 43.0 Å². The van der Waals surface area contributed by atoms with Crippen LogP contribution in [0.15, 0.2) is 60.7 Å². The van der Waals surface area contributed by atoms with E-state index in [1.165, 1.54) is 22.3 Å². The van der Waals surface area contributed by atoms with E-state index in [2.05, 4.69) is 63.2 Å². The van der Waals surface area contributed by atoms with Gasteiger partial charge in [-0.15, -0.1) is 0 Å². The first-order chi connectivity index (χ1) is 12.5. The first-order valence-corrected chi connectivity index (χ1v) is 8.89. The molecule has 26 heavy (non-hydrogen) atoms. The number of rotatable bonds is 2. The maximum Gasteiger partial charge on any atom is 0.145 e.